The average Bonchev–Trinajstić information content (AvgIpc) is 2.70. The highest BCUT2D eigenvalue weighted by Gasteiger charge is 2.15. The minimum absolute atomic E-state index is 0.0233. The molecule has 0 saturated heterocycles. The van der Waals surface area contributed by atoms with Crippen molar-refractivity contribution < 1.29 is 19.2 Å². The number of benzene rings is 2. The van der Waals surface area contributed by atoms with Gasteiger partial charge in [-0.25, -0.2) is 5.10 Å². The van der Waals surface area contributed by atoms with Crippen LogP contribution in [0.5, 0.6) is 0 Å². The zero-order valence-corrected chi connectivity index (χ0v) is 15.4. The molecule has 3 aromatic rings. The molecule has 0 fully saturated rings. The van der Waals surface area contributed by atoms with Gasteiger partial charge in [0.2, 0.25) is 0 Å². The summed E-state index contributed by atoms with van der Waals surface area (Å²) in [6.07, 6.45) is -0.262. The van der Waals surface area contributed by atoms with Crippen molar-refractivity contribution >= 4 is 45.6 Å². The number of carbonyl (C=O) groups is 2. The van der Waals surface area contributed by atoms with E-state index >= 15 is 0 Å². The second-order valence-corrected chi connectivity index (χ2v) is 6.26. The first-order valence-electron chi connectivity index (χ1n) is 8.21. The number of nitro groups is 1. The van der Waals surface area contributed by atoms with Crippen LogP contribution in [0.3, 0.4) is 0 Å². The Labute approximate surface area is 167 Å². The number of nitrogens with zero attached hydrogens (tertiary/aromatic N) is 2. The van der Waals surface area contributed by atoms with Crippen molar-refractivity contribution in [2.24, 2.45) is 0 Å². The highest BCUT2D eigenvalue weighted by Crippen LogP contribution is 2.26. The van der Waals surface area contributed by atoms with Gasteiger partial charge in [-0.05, 0) is 12.1 Å². The van der Waals surface area contributed by atoms with Gasteiger partial charge in [0.05, 0.1) is 33.1 Å². The molecule has 148 valence electrons. The first-order chi connectivity index (χ1) is 13.8. The second kappa shape index (κ2) is 8.48. The van der Waals surface area contributed by atoms with Crippen molar-refractivity contribution in [1.82, 2.24) is 10.2 Å². The number of rotatable bonds is 6. The molecule has 0 radical (unpaired) electrons. The molecule has 0 bridgehead atoms. The molecule has 0 atom stereocenters. The van der Waals surface area contributed by atoms with Gasteiger partial charge in [-0.1, -0.05) is 29.8 Å². The van der Waals surface area contributed by atoms with E-state index in [0.717, 1.165) is 6.07 Å². The number of hydrogen-bond donors (Lipinski definition) is 2. The topological polar surface area (TPSA) is 144 Å². The Morgan fingerprint density at radius 3 is 2.66 bits per heavy atom. The largest absolute Gasteiger partial charge is 0.455 e. The van der Waals surface area contributed by atoms with E-state index in [0.29, 0.717) is 16.5 Å². The third-order valence-electron chi connectivity index (χ3n) is 3.89. The Morgan fingerprint density at radius 2 is 1.93 bits per heavy atom. The number of ether oxygens (including phenoxy) is 1. The molecule has 29 heavy (non-hydrogen) atoms. The van der Waals surface area contributed by atoms with Crippen molar-refractivity contribution in [3.63, 3.8) is 0 Å². The standard InChI is InChI=1S/C18H13ClN4O6/c19-13-6-5-10(23(27)28)7-15(13)20-16(24)9-29-17(25)8-14-11-3-1-2-4-12(11)18(26)22-21-14/h1-7H,8-9H2,(H,20,24)(H,22,26). The highest BCUT2D eigenvalue weighted by atomic mass is 35.5. The summed E-state index contributed by atoms with van der Waals surface area (Å²) in [6, 6.07) is 10.2. The first kappa shape index (κ1) is 20.0. The van der Waals surface area contributed by atoms with E-state index < -0.39 is 23.4 Å². The molecular weight excluding hydrogens is 404 g/mol. The zero-order valence-electron chi connectivity index (χ0n) is 14.7. The molecule has 1 amide bonds. The molecule has 2 aromatic carbocycles. The van der Waals surface area contributed by atoms with Gasteiger partial charge in [-0.15, -0.1) is 0 Å². The van der Waals surface area contributed by atoms with Crippen molar-refractivity contribution in [2.45, 2.75) is 6.42 Å². The average molecular weight is 417 g/mol. The zero-order chi connectivity index (χ0) is 21.0. The summed E-state index contributed by atoms with van der Waals surface area (Å²) >= 11 is 5.90. The van der Waals surface area contributed by atoms with E-state index in [1.807, 2.05) is 0 Å². The number of nitrogens with one attached hydrogen (secondary N) is 2. The molecule has 0 spiro atoms. The molecule has 3 rings (SSSR count). The summed E-state index contributed by atoms with van der Waals surface area (Å²) in [5.41, 5.74) is -0.314. The Kier molecular flexibility index (Phi) is 5.84. The summed E-state index contributed by atoms with van der Waals surface area (Å²) in [7, 11) is 0. The summed E-state index contributed by atoms with van der Waals surface area (Å²) in [4.78, 5) is 46.0. The van der Waals surface area contributed by atoms with Crippen molar-refractivity contribution in [3.05, 3.63) is 73.6 Å². The maximum absolute atomic E-state index is 12.1. The van der Waals surface area contributed by atoms with Gasteiger partial charge < -0.3 is 10.1 Å². The number of amides is 1. The van der Waals surface area contributed by atoms with Crippen LogP contribution in [0.25, 0.3) is 10.8 Å². The predicted octanol–water partition coefficient (Wildman–Crippen LogP) is 2.21. The fourth-order valence-electron chi connectivity index (χ4n) is 2.55. The summed E-state index contributed by atoms with van der Waals surface area (Å²) in [6.45, 7) is -0.626. The number of nitro benzene ring substituents is 1. The SMILES string of the molecule is O=C(COC(=O)Cc1n[nH]c(=O)c2ccccc12)Nc1cc([N+](=O)[O-])ccc1Cl. The quantitative estimate of drug-likeness (QED) is 0.356. The lowest BCUT2D eigenvalue weighted by atomic mass is 10.1. The smallest absolute Gasteiger partial charge is 0.312 e. The van der Waals surface area contributed by atoms with Crippen molar-refractivity contribution in [2.75, 3.05) is 11.9 Å². The molecular formula is C18H13ClN4O6. The maximum atomic E-state index is 12.1. The second-order valence-electron chi connectivity index (χ2n) is 5.85. The Bertz CT molecular complexity index is 1180. The molecule has 1 heterocycles. The summed E-state index contributed by atoms with van der Waals surface area (Å²) < 4.78 is 4.92. The van der Waals surface area contributed by atoms with Crippen LogP contribution in [0.1, 0.15) is 5.69 Å². The minimum Gasteiger partial charge on any atom is -0.455 e. The number of non-ortho nitro benzene ring substituents is 1. The monoisotopic (exact) mass is 416 g/mol. The van der Waals surface area contributed by atoms with Crippen LogP contribution in [0.4, 0.5) is 11.4 Å². The number of esters is 1. The number of hydrogen-bond acceptors (Lipinski definition) is 7. The van der Waals surface area contributed by atoms with E-state index in [2.05, 4.69) is 15.5 Å². The molecule has 11 heteroatoms. The lowest BCUT2D eigenvalue weighted by Gasteiger charge is -2.08. The third kappa shape index (κ3) is 4.74. The van der Waals surface area contributed by atoms with Gasteiger partial charge in [0.15, 0.2) is 6.61 Å². The number of aromatic amines is 1. The molecule has 1 aromatic heterocycles. The fraction of sp³-hybridized carbons (Fsp3) is 0.111. The minimum atomic E-state index is -0.741. The van der Waals surface area contributed by atoms with Crippen molar-refractivity contribution in [1.29, 1.82) is 0 Å². The van der Waals surface area contributed by atoms with Crippen LogP contribution in [0.15, 0.2) is 47.3 Å². The van der Waals surface area contributed by atoms with E-state index in [-0.39, 0.29) is 28.4 Å². The molecule has 0 unspecified atom stereocenters. The van der Waals surface area contributed by atoms with Gasteiger partial charge >= 0.3 is 5.97 Å². The number of fused-ring (bicyclic) bond motifs is 1. The number of aromatic nitrogens is 2. The van der Waals surface area contributed by atoms with E-state index in [9.17, 15) is 24.5 Å². The highest BCUT2D eigenvalue weighted by molar-refractivity contribution is 6.33. The van der Waals surface area contributed by atoms with Crippen LogP contribution in [0, 0.1) is 10.1 Å². The van der Waals surface area contributed by atoms with E-state index in [1.165, 1.54) is 12.1 Å². The Morgan fingerprint density at radius 1 is 1.21 bits per heavy atom. The lowest BCUT2D eigenvalue weighted by Crippen LogP contribution is -2.22. The molecule has 0 saturated carbocycles. The van der Waals surface area contributed by atoms with Crippen LogP contribution in [-0.4, -0.2) is 33.6 Å². The van der Waals surface area contributed by atoms with Gasteiger partial charge in [-0.2, -0.15) is 5.10 Å². The van der Waals surface area contributed by atoms with Gasteiger partial charge in [0.1, 0.15) is 0 Å². The number of H-pyrrole nitrogens is 1. The van der Waals surface area contributed by atoms with Gasteiger partial charge in [0.25, 0.3) is 17.2 Å². The van der Waals surface area contributed by atoms with Gasteiger partial charge in [0, 0.05) is 17.5 Å². The van der Waals surface area contributed by atoms with E-state index in [1.54, 1.807) is 24.3 Å². The Hall–Kier alpha value is -3.79. The maximum Gasteiger partial charge on any atom is 0.312 e. The predicted molar refractivity (Wildman–Crippen MR) is 104 cm³/mol. The molecule has 2 N–H and O–H groups in total. The number of anilines is 1. The molecule has 0 aliphatic heterocycles. The van der Waals surface area contributed by atoms with Crippen LogP contribution in [0.2, 0.25) is 5.02 Å². The molecule has 10 nitrogen and oxygen atoms in total. The van der Waals surface area contributed by atoms with Crippen LogP contribution >= 0.6 is 11.6 Å². The van der Waals surface area contributed by atoms with Crippen LogP contribution < -0.4 is 10.9 Å². The van der Waals surface area contributed by atoms with Crippen molar-refractivity contribution in [3.8, 4) is 0 Å². The molecule has 0 aliphatic rings. The first-order valence-corrected chi connectivity index (χ1v) is 8.58. The lowest BCUT2D eigenvalue weighted by molar-refractivity contribution is -0.384. The van der Waals surface area contributed by atoms with E-state index in [4.69, 9.17) is 16.3 Å². The third-order valence-corrected chi connectivity index (χ3v) is 4.22. The van der Waals surface area contributed by atoms with Gasteiger partial charge in [-0.3, -0.25) is 24.5 Å². The summed E-state index contributed by atoms with van der Waals surface area (Å²) in [5.74, 6) is -1.46. The number of halogens is 1. The summed E-state index contributed by atoms with van der Waals surface area (Å²) in [5, 5.41) is 20.3. The Balaban J connectivity index is 1.62. The normalized spacial score (nSPS) is 10.5. The number of carbonyl (C=O) groups excluding carboxylic acids is 2. The fourth-order valence-corrected chi connectivity index (χ4v) is 2.71. The van der Waals surface area contributed by atoms with Crippen LogP contribution in [-0.2, 0) is 20.7 Å². The molecule has 0 aliphatic carbocycles.